The highest BCUT2D eigenvalue weighted by atomic mass is 16.3. The largest absolute Gasteiger partial charge is 0.390 e. The maximum atomic E-state index is 10.2. The normalized spacial score (nSPS) is 15.4. The number of hydrogen-bond donors (Lipinski definition) is 1. The highest BCUT2D eigenvalue weighted by Gasteiger charge is 2.24. The molecule has 3 heteroatoms. The third-order valence-electron chi connectivity index (χ3n) is 2.67. The molecule has 0 aromatic carbocycles. The van der Waals surface area contributed by atoms with Gasteiger partial charge >= 0.3 is 0 Å². The molecule has 0 aliphatic rings. The Morgan fingerprint density at radius 1 is 1.50 bits per heavy atom. The molecule has 0 radical (unpaired) electrons. The zero-order valence-electron chi connectivity index (χ0n) is 9.32. The van der Waals surface area contributed by atoms with Crippen molar-refractivity contribution < 1.29 is 5.11 Å². The van der Waals surface area contributed by atoms with Gasteiger partial charge in [-0.15, -0.1) is 0 Å². The van der Waals surface area contributed by atoms with Crippen molar-refractivity contribution in [2.45, 2.75) is 45.1 Å². The van der Waals surface area contributed by atoms with Crippen molar-refractivity contribution in [3.63, 3.8) is 0 Å². The van der Waals surface area contributed by atoms with Crippen LogP contribution in [0.4, 0.5) is 0 Å². The zero-order valence-corrected chi connectivity index (χ0v) is 9.32. The van der Waals surface area contributed by atoms with Crippen molar-refractivity contribution in [1.82, 2.24) is 9.78 Å². The number of nitrogens with zero attached hydrogens (tertiary/aromatic N) is 2. The third kappa shape index (κ3) is 2.84. The quantitative estimate of drug-likeness (QED) is 0.781. The van der Waals surface area contributed by atoms with Gasteiger partial charge in [-0.3, -0.25) is 4.68 Å². The van der Waals surface area contributed by atoms with Crippen molar-refractivity contribution in [1.29, 1.82) is 0 Å². The highest BCUT2D eigenvalue weighted by Crippen LogP contribution is 2.22. The lowest BCUT2D eigenvalue weighted by molar-refractivity contribution is 0.0271. The number of aromatic nitrogens is 2. The molecule has 80 valence electrons. The van der Waals surface area contributed by atoms with Gasteiger partial charge in [-0.05, 0) is 18.4 Å². The van der Waals surface area contributed by atoms with Crippen LogP contribution in [-0.4, -0.2) is 20.5 Å². The molecule has 1 aromatic heterocycles. The van der Waals surface area contributed by atoms with Gasteiger partial charge in [0.1, 0.15) is 0 Å². The van der Waals surface area contributed by atoms with E-state index < -0.39 is 5.60 Å². The van der Waals surface area contributed by atoms with Crippen LogP contribution in [0.3, 0.4) is 0 Å². The summed E-state index contributed by atoms with van der Waals surface area (Å²) in [5.41, 5.74) is 0.572. The van der Waals surface area contributed by atoms with E-state index in [2.05, 4.69) is 12.0 Å². The molecule has 0 fully saturated rings. The van der Waals surface area contributed by atoms with Gasteiger partial charge in [0.25, 0.3) is 0 Å². The van der Waals surface area contributed by atoms with Crippen molar-refractivity contribution in [3.8, 4) is 0 Å². The van der Waals surface area contributed by atoms with Crippen molar-refractivity contribution in [3.05, 3.63) is 18.0 Å². The van der Waals surface area contributed by atoms with E-state index in [1.165, 1.54) is 0 Å². The third-order valence-corrected chi connectivity index (χ3v) is 2.67. The predicted octanol–water partition coefficient (Wildman–Crippen LogP) is 1.90. The Balaban J connectivity index is 2.64. The van der Waals surface area contributed by atoms with Gasteiger partial charge in [0, 0.05) is 19.7 Å². The Kier molecular flexibility index (Phi) is 3.69. The molecule has 1 atom stereocenters. The van der Waals surface area contributed by atoms with Gasteiger partial charge in [-0.25, -0.2) is 0 Å². The van der Waals surface area contributed by atoms with Crippen molar-refractivity contribution >= 4 is 0 Å². The molecule has 0 spiro atoms. The fourth-order valence-corrected chi connectivity index (χ4v) is 1.80. The zero-order chi connectivity index (χ0) is 10.6. The summed E-state index contributed by atoms with van der Waals surface area (Å²) in [6.07, 6.45) is 7.19. The molecule has 14 heavy (non-hydrogen) atoms. The average molecular weight is 196 g/mol. The minimum atomic E-state index is -0.544. The molecule has 1 aromatic rings. The smallest absolute Gasteiger partial charge is 0.0686 e. The lowest BCUT2D eigenvalue weighted by Gasteiger charge is -2.25. The summed E-state index contributed by atoms with van der Waals surface area (Å²) < 4.78 is 1.78. The molecule has 3 nitrogen and oxygen atoms in total. The molecule has 0 aliphatic heterocycles. The summed E-state index contributed by atoms with van der Waals surface area (Å²) in [6, 6.07) is 0. The van der Waals surface area contributed by atoms with Gasteiger partial charge in [0.2, 0.25) is 0 Å². The lowest BCUT2D eigenvalue weighted by Crippen LogP contribution is -2.30. The summed E-state index contributed by atoms with van der Waals surface area (Å²) in [6.45, 7) is 4.13. The first kappa shape index (κ1) is 11.2. The number of aryl methyl sites for hydroxylation is 1. The van der Waals surface area contributed by atoms with Gasteiger partial charge in [0.05, 0.1) is 11.8 Å². The van der Waals surface area contributed by atoms with E-state index in [0.29, 0.717) is 6.42 Å². The van der Waals surface area contributed by atoms with Crippen molar-refractivity contribution in [2.24, 2.45) is 7.05 Å². The molecule has 1 N–H and O–H groups in total. The van der Waals surface area contributed by atoms with E-state index in [-0.39, 0.29) is 0 Å². The minimum Gasteiger partial charge on any atom is -0.390 e. The van der Waals surface area contributed by atoms with E-state index >= 15 is 0 Å². The topological polar surface area (TPSA) is 38.1 Å². The first-order valence-corrected chi connectivity index (χ1v) is 5.29. The first-order valence-electron chi connectivity index (χ1n) is 5.29. The van der Waals surface area contributed by atoms with E-state index in [9.17, 15) is 5.11 Å². The maximum Gasteiger partial charge on any atom is 0.0686 e. The van der Waals surface area contributed by atoms with Gasteiger partial charge < -0.3 is 5.11 Å². The molecule has 0 bridgehead atoms. The van der Waals surface area contributed by atoms with Crippen LogP contribution < -0.4 is 0 Å². The molecule has 1 rings (SSSR count). The van der Waals surface area contributed by atoms with Gasteiger partial charge in [0.15, 0.2) is 0 Å². The Labute approximate surface area is 85.8 Å². The standard InChI is InChI=1S/C11H20N2O/c1-4-6-11(14,5-2)7-10-8-12-13(3)9-10/h8-9,14H,4-7H2,1-3H3. The summed E-state index contributed by atoms with van der Waals surface area (Å²) in [4.78, 5) is 0. The van der Waals surface area contributed by atoms with Crippen LogP contribution in [0, 0.1) is 0 Å². The van der Waals surface area contributed by atoms with Crippen LogP contribution >= 0.6 is 0 Å². The molecular formula is C11H20N2O. The number of aliphatic hydroxyl groups is 1. The Hall–Kier alpha value is -0.830. The Morgan fingerprint density at radius 2 is 2.21 bits per heavy atom. The highest BCUT2D eigenvalue weighted by molar-refractivity contribution is 5.07. The predicted molar refractivity (Wildman–Crippen MR) is 57.1 cm³/mol. The summed E-state index contributed by atoms with van der Waals surface area (Å²) in [5.74, 6) is 0. The van der Waals surface area contributed by atoms with Gasteiger partial charge in [-0.2, -0.15) is 5.10 Å². The SMILES string of the molecule is CCCC(O)(CC)Cc1cnn(C)c1. The van der Waals surface area contributed by atoms with Crippen LogP contribution in [0.5, 0.6) is 0 Å². The van der Waals surface area contributed by atoms with E-state index in [1.54, 1.807) is 4.68 Å². The monoisotopic (exact) mass is 196 g/mol. The minimum absolute atomic E-state index is 0.544. The first-order chi connectivity index (χ1) is 6.59. The second-order valence-corrected chi connectivity index (χ2v) is 4.03. The van der Waals surface area contributed by atoms with Crippen LogP contribution in [0.25, 0.3) is 0 Å². The Bertz CT molecular complexity index is 283. The lowest BCUT2D eigenvalue weighted by atomic mass is 9.89. The number of rotatable bonds is 5. The molecular weight excluding hydrogens is 176 g/mol. The maximum absolute atomic E-state index is 10.2. The second-order valence-electron chi connectivity index (χ2n) is 4.03. The van der Waals surface area contributed by atoms with Crippen LogP contribution in [0.15, 0.2) is 12.4 Å². The summed E-state index contributed by atoms with van der Waals surface area (Å²) in [5, 5.41) is 14.3. The van der Waals surface area contributed by atoms with Crippen LogP contribution in [0.2, 0.25) is 0 Å². The van der Waals surface area contributed by atoms with Crippen LogP contribution in [-0.2, 0) is 13.5 Å². The molecule has 0 saturated carbocycles. The summed E-state index contributed by atoms with van der Waals surface area (Å²) in [7, 11) is 1.90. The average Bonchev–Trinajstić information content (AvgIpc) is 2.51. The molecule has 1 unspecified atom stereocenters. The number of hydrogen-bond acceptors (Lipinski definition) is 2. The molecule has 0 saturated heterocycles. The molecule has 1 heterocycles. The van der Waals surface area contributed by atoms with Gasteiger partial charge in [-0.1, -0.05) is 20.3 Å². The van der Waals surface area contributed by atoms with E-state index in [1.807, 2.05) is 26.4 Å². The molecule has 0 aliphatic carbocycles. The van der Waals surface area contributed by atoms with Crippen LogP contribution in [0.1, 0.15) is 38.7 Å². The second kappa shape index (κ2) is 4.60. The van der Waals surface area contributed by atoms with E-state index in [4.69, 9.17) is 0 Å². The van der Waals surface area contributed by atoms with Crippen molar-refractivity contribution in [2.75, 3.05) is 0 Å². The summed E-state index contributed by atoms with van der Waals surface area (Å²) >= 11 is 0. The fraction of sp³-hybridized carbons (Fsp3) is 0.727. The fourth-order valence-electron chi connectivity index (χ4n) is 1.80. The van der Waals surface area contributed by atoms with E-state index in [0.717, 1.165) is 24.8 Å². The Morgan fingerprint density at radius 3 is 2.64 bits per heavy atom. The molecule has 0 amide bonds.